The summed E-state index contributed by atoms with van der Waals surface area (Å²) in [6, 6.07) is 0. The number of anilines is 2. The molecule has 0 saturated heterocycles. The molecular formula is C12H15F3N6OS2. The Hall–Kier alpha value is -1.82. The Morgan fingerprint density at radius 2 is 2.04 bits per heavy atom. The highest BCUT2D eigenvalue weighted by molar-refractivity contribution is 8.01. The van der Waals surface area contributed by atoms with Crippen LogP contribution in [0.3, 0.4) is 0 Å². The van der Waals surface area contributed by atoms with E-state index in [1.165, 1.54) is 0 Å². The Bertz CT molecular complexity index is 727. The standard InChI is InChI=1S/C12H15F3N6OS2/c1-6-9(7(2)21(3)20-6)17-8(22)4-23-11-19-18-10(24-11)16-5-12(13,14)15/h4-5H2,1-3H3,(H,16,18)(H,17,22). The molecule has 0 aromatic carbocycles. The van der Waals surface area contributed by atoms with Crippen molar-refractivity contribution >= 4 is 39.8 Å². The zero-order valence-corrected chi connectivity index (χ0v) is 14.7. The molecule has 0 fully saturated rings. The lowest BCUT2D eigenvalue weighted by atomic mass is 10.3. The lowest BCUT2D eigenvalue weighted by Crippen LogP contribution is -2.21. The van der Waals surface area contributed by atoms with Crippen LogP contribution in [0.5, 0.6) is 0 Å². The number of halogens is 3. The highest BCUT2D eigenvalue weighted by atomic mass is 32.2. The van der Waals surface area contributed by atoms with E-state index < -0.39 is 12.7 Å². The quantitative estimate of drug-likeness (QED) is 0.750. The van der Waals surface area contributed by atoms with Crippen molar-refractivity contribution in [2.75, 3.05) is 22.9 Å². The highest BCUT2D eigenvalue weighted by Gasteiger charge is 2.27. The van der Waals surface area contributed by atoms with Crippen LogP contribution in [0.2, 0.25) is 0 Å². The van der Waals surface area contributed by atoms with E-state index in [1.807, 2.05) is 6.92 Å². The van der Waals surface area contributed by atoms with Crippen molar-refractivity contribution in [2.24, 2.45) is 7.05 Å². The number of hydrogen-bond donors (Lipinski definition) is 2. The summed E-state index contributed by atoms with van der Waals surface area (Å²) in [6.07, 6.45) is -4.32. The number of aryl methyl sites for hydroxylation is 2. The molecule has 12 heteroatoms. The smallest absolute Gasteiger partial charge is 0.351 e. The van der Waals surface area contributed by atoms with E-state index >= 15 is 0 Å². The average molecular weight is 380 g/mol. The van der Waals surface area contributed by atoms with Crippen LogP contribution in [0.25, 0.3) is 0 Å². The number of nitrogens with zero attached hydrogens (tertiary/aromatic N) is 4. The molecule has 1 amide bonds. The molecule has 2 aromatic heterocycles. The fourth-order valence-electron chi connectivity index (χ4n) is 1.77. The molecule has 2 heterocycles. The number of amides is 1. The SMILES string of the molecule is Cc1nn(C)c(C)c1NC(=O)CSc1nnc(NCC(F)(F)F)s1. The second-order valence-electron chi connectivity index (χ2n) is 4.85. The van der Waals surface area contributed by atoms with Gasteiger partial charge in [0.05, 0.1) is 22.8 Å². The third-order valence-electron chi connectivity index (χ3n) is 2.95. The number of alkyl halides is 3. The van der Waals surface area contributed by atoms with Crippen LogP contribution in [0.1, 0.15) is 11.4 Å². The molecule has 7 nitrogen and oxygen atoms in total. The van der Waals surface area contributed by atoms with Gasteiger partial charge in [-0.1, -0.05) is 23.1 Å². The number of nitrogens with one attached hydrogen (secondary N) is 2. The Kier molecular flexibility index (Phi) is 5.70. The lowest BCUT2D eigenvalue weighted by Gasteiger charge is -2.05. The Morgan fingerprint density at radius 1 is 1.33 bits per heavy atom. The average Bonchev–Trinajstić information content (AvgIpc) is 3.03. The van der Waals surface area contributed by atoms with Gasteiger partial charge >= 0.3 is 6.18 Å². The normalized spacial score (nSPS) is 11.6. The van der Waals surface area contributed by atoms with Crippen LogP contribution in [0, 0.1) is 13.8 Å². The van der Waals surface area contributed by atoms with Gasteiger partial charge in [0.25, 0.3) is 0 Å². The first-order valence-corrected chi connectivity index (χ1v) is 8.53. The van der Waals surface area contributed by atoms with Gasteiger partial charge in [0.1, 0.15) is 6.54 Å². The number of carbonyl (C=O) groups excluding carboxylic acids is 1. The number of thioether (sulfide) groups is 1. The van der Waals surface area contributed by atoms with Gasteiger partial charge in [0.2, 0.25) is 11.0 Å². The topological polar surface area (TPSA) is 84.7 Å². The molecule has 0 aliphatic carbocycles. The maximum atomic E-state index is 12.1. The van der Waals surface area contributed by atoms with E-state index in [0.29, 0.717) is 15.7 Å². The molecule has 0 bridgehead atoms. The molecule has 0 radical (unpaired) electrons. The number of carbonyl (C=O) groups is 1. The first kappa shape index (κ1) is 18.5. The van der Waals surface area contributed by atoms with Crippen molar-refractivity contribution in [3.8, 4) is 0 Å². The molecule has 24 heavy (non-hydrogen) atoms. The van der Waals surface area contributed by atoms with Gasteiger partial charge < -0.3 is 10.6 Å². The molecule has 0 spiro atoms. The van der Waals surface area contributed by atoms with Crippen molar-refractivity contribution in [3.63, 3.8) is 0 Å². The summed E-state index contributed by atoms with van der Waals surface area (Å²) in [5.74, 6) is -0.180. The molecule has 0 saturated carbocycles. The summed E-state index contributed by atoms with van der Waals surface area (Å²) in [6.45, 7) is 2.46. The van der Waals surface area contributed by atoms with Gasteiger partial charge in [-0.05, 0) is 13.8 Å². The third-order valence-corrected chi connectivity index (χ3v) is 4.96. The van der Waals surface area contributed by atoms with Crippen molar-refractivity contribution < 1.29 is 18.0 Å². The van der Waals surface area contributed by atoms with Crippen LogP contribution >= 0.6 is 23.1 Å². The minimum atomic E-state index is -4.32. The van der Waals surface area contributed by atoms with Crippen LogP contribution in [0.15, 0.2) is 4.34 Å². The van der Waals surface area contributed by atoms with Gasteiger partial charge in [0, 0.05) is 7.05 Å². The van der Waals surface area contributed by atoms with Gasteiger partial charge in [-0.2, -0.15) is 18.3 Å². The molecular weight excluding hydrogens is 365 g/mol. The number of rotatable bonds is 6. The Labute approximate surface area is 144 Å². The second-order valence-corrected chi connectivity index (χ2v) is 7.05. The van der Waals surface area contributed by atoms with E-state index in [0.717, 1.165) is 28.8 Å². The monoisotopic (exact) mass is 380 g/mol. The minimum Gasteiger partial charge on any atom is -0.351 e. The zero-order chi connectivity index (χ0) is 17.9. The maximum absolute atomic E-state index is 12.1. The predicted octanol–water partition coefficient (Wildman–Crippen LogP) is 2.59. The van der Waals surface area contributed by atoms with Crippen molar-refractivity contribution in [3.05, 3.63) is 11.4 Å². The second kappa shape index (κ2) is 7.38. The largest absolute Gasteiger partial charge is 0.405 e. The zero-order valence-electron chi connectivity index (χ0n) is 13.1. The lowest BCUT2D eigenvalue weighted by molar-refractivity contribution is -0.115. The summed E-state index contributed by atoms with van der Waals surface area (Å²) in [4.78, 5) is 12.0. The van der Waals surface area contributed by atoms with Crippen LogP contribution in [-0.4, -0.2) is 44.4 Å². The highest BCUT2D eigenvalue weighted by Crippen LogP contribution is 2.27. The molecule has 0 aliphatic rings. The van der Waals surface area contributed by atoms with Crippen LogP contribution < -0.4 is 10.6 Å². The van der Waals surface area contributed by atoms with Gasteiger partial charge in [-0.25, -0.2) is 0 Å². The molecule has 2 rings (SSSR count). The van der Waals surface area contributed by atoms with Gasteiger partial charge in [0.15, 0.2) is 4.34 Å². The summed E-state index contributed by atoms with van der Waals surface area (Å²) < 4.78 is 38.4. The van der Waals surface area contributed by atoms with Crippen molar-refractivity contribution in [1.82, 2.24) is 20.0 Å². The maximum Gasteiger partial charge on any atom is 0.405 e. The van der Waals surface area contributed by atoms with Crippen molar-refractivity contribution in [1.29, 1.82) is 0 Å². The van der Waals surface area contributed by atoms with Crippen LogP contribution in [0.4, 0.5) is 24.0 Å². The summed E-state index contributed by atoms with van der Waals surface area (Å²) >= 11 is 2.07. The first-order valence-electron chi connectivity index (χ1n) is 6.72. The Morgan fingerprint density at radius 3 is 2.62 bits per heavy atom. The fraction of sp³-hybridized carbons (Fsp3) is 0.500. The molecule has 0 unspecified atom stereocenters. The summed E-state index contributed by atoms with van der Waals surface area (Å²) in [5, 5.41) is 16.5. The van der Waals surface area contributed by atoms with E-state index in [9.17, 15) is 18.0 Å². The van der Waals surface area contributed by atoms with Gasteiger partial charge in [-0.15, -0.1) is 10.2 Å². The van der Waals surface area contributed by atoms with E-state index in [1.54, 1.807) is 18.7 Å². The Balaban J connectivity index is 1.85. The third kappa shape index (κ3) is 5.09. The minimum absolute atomic E-state index is 0.0641. The van der Waals surface area contributed by atoms with Crippen LogP contribution in [-0.2, 0) is 11.8 Å². The first-order chi connectivity index (χ1) is 11.2. The number of aromatic nitrogens is 4. The number of hydrogen-bond acceptors (Lipinski definition) is 7. The summed E-state index contributed by atoms with van der Waals surface area (Å²) in [7, 11) is 1.78. The molecule has 132 valence electrons. The molecule has 2 N–H and O–H groups in total. The van der Waals surface area contributed by atoms with Crippen molar-refractivity contribution in [2.45, 2.75) is 24.4 Å². The van der Waals surface area contributed by atoms with Gasteiger partial charge in [-0.3, -0.25) is 9.48 Å². The molecule has 0 atom stereocenters. The summed E-state index contributed by atoms with van der Waals surface area (Å²) in [5.41, 5.74) is 2.20. The van der Waals surface area contributed by atoms with E-state index in [2.05, 4.69) is 25.9 Å². The predicted molar refractivity (Wildman–Crippen MR) is 86.5 cm³/mol. The van der Waals surface area contributed by atoms with E-state index in [-0.39, 0.29) is 16.8 Å². The molecule has 2 aromatic rings. The fourth-order valence-corrected chi connectivity index (χ4v) is 3.32. The van der Waals surface area contributed by atoms with E-state index in [4.69, 9.17) is 0 Å². The molecule has 0 aliphatic heterocycles.